The van der Waals surface area contributed by atoms with E-state index in [9.17, 15) is 4.79 Å². The molecule has 1 aromatic carbocycles. The van der Waals surface area contributed by atoms with Crippen molar-refractivity contribution >= 4 is 5.91 Å². The molecule has 3 unspecified atom stereocenters. The number of amides is 1. The number of benzene rings is 1. The van der Waals surface area contributed by atoms with E-state index in [1.807, 2.05) is 30.3 Å². The maximum atomic E-state index is 12.2. The molecule has 1 aliphatic rings. The Morgan fingerprint density at radius 2 is 2.11 bits per heavy atom. The van der Waals surface area contributed by atoms with E-state index in [0.717, 1.165) is 12.0 Å². The third kappa shape index (κ3) is 2.72. The number of rotatable bonds is 5. The van der Waals surface area contributed by atoms with Gasteiger partial charge in [0.1, 0.15) is 5.54 Å². The summed E-state index contributed by atoms with van der Waals surface area (Å²) in [6.07, 6.45) is 3.47. The lowest BCUT2D eigenvalue weighted by Crippen LogP contribution is -2.49. The third-order valence-corrected chi connectivity index (χ3v) is 3.74. The Balaban J connectivity index is 1.97. The lowest BCUT2D eigenvalue weighted by atomic mass is 9.92. The van der Waals surface area contributed by atoms with Crippen molar-refractivity contribution in [3.05, 3.63) is 35.9 Å². The number of hydrogen-bond donors (Lipinski definition) is 2. The predicted octanol–water partition coefficient (Wildman–Crippen LogP) is 2.17. The Labute approximate surface area is 109 Å². The van der Waals surface area contributed by atoms with E-state index >= 15 is 0 Å². The van der Waals surface area contributed by atoms with Gasteiger partial charge in [0.15, 0.2) is 0 Å². The second-order valence-corrected chi connectivity index (χ2v) is 5.43. The van der Waals surface area contributed by atoms with Crippen molar-refractivity contribution in [2.75, 3.05) is 0 Å². The van der Waals surface area contributed by atoms with Gasteiger partial charge in [-0.2, -0.15) is 0 Å². The second-order valence-electron chi connectivity index (χ2n) is 5.43. The van der Waals surface area contributed by atoms with Gasteiger partial charge in [0.2, 0.25) is 5.91 Å². The van der Waals surface area contributed by atoms with Crippen LogP contribution in [0.4, 0.5) is 0 Å². The van der Waals surface area contributed by atoms with Crippen LogP contribution in [0.2, 0.25) is 0 Å². The standard InChI is InChI=1S/C15H22N2O/c1-3-7-11-10-13(11)17-14(18)15(2,16)12-8-5-4-6-9-12/h4-6,8-9,11,13H,3,7,10,16H2,1-2H3,(H,17,18). The summed E-state index contributed by atoms with van der Waals surface area (Å²) < 4.78 is 0. The maximum Gasteiger partial charge on any atom is 0.244 e. The van der Waals surface area contributed by atoms with Gasteiger partial charge in [-0.25, -0.2) is 0 Å². The molecule has 0 heterocycles. The Bertz CT molecular complexity index is 414. The van der Waals surface area contributed by atoms with Crippen LogP contribution < -0.4 is 11.1 Å². The van der Waals surface area contributed by atoms with Gasteiger partial charge in [-0.05, 0) is 31.2 Å². The third-order valence-electron chi connectivity index (χ3n) is 3.74. The van der Waals surface area contributed by atoms with E-state index in [-0.39, 0.29) is 5.91 Å². The first kappa shape index (κ1) is 13.1. The average Bonchev–Trinajstić information content (AvgIpc) is 3.09. The normalized spacial score (nSPS) is 25.3. The zero-order chi connectivity index (χ0) is 13.2. The highest BCUT2D eigenvalue weighted by Gasteiger charge is 2.40. The first-order valence-electron chi connectivity index (χ1n) is 6.71. The fourth-order valence-corrected chi connectivity index (χ4v) is 2.35. The Kier molecular flexibility index (Phi) is 3.71. The number of nitrogens with one attached hydrogen (secondary N) is 1. The lowest BCUT2D eigenvalue weighted by molar-refractivity contribution is -0.126. The van der Waals surface area contributed by atoms with Crippen molar-refractivity contribution in [3.8, 4) is 0 Å². The van der Waals surface area contributed by atoms with Gasteiger partial charge >= 0.3 is 0 Å². The van der Waals surface area contributed by atoms with Gasteiger partial charge in [0, 0.05) is 6.04 Å². The van der Waals surface area contributed by atoms with Crippen LogP contribution in [0.5, 0.6) is 0 Å². The highest BCUT2D eigenvalue weighted by molar-refractivity contribution is 5.87. The van der Waals surface area contributed by atoms with E-state index in [0.29, 0.717) is 12.0 Å². The summed E-state index contributed by atoms with van der Waals surface area (Å²) in [5.41, 5.74) is 6.08. The van der Waals surface area contributed by atoms with Gasteiger partial charge in [-0.1, -0.05) is 43.7 Å². The summed E-state index contributed by atoms with van der Waals surface area (Å²) in [5.74, 6) is 0.586. The molecule has 3 N–H and O–H groups in total. The molecule has 0 aromatic heterocycles. The van der Waals surface area contributed by atoms with Gasteiger partial charge in [0.25, 0.3) is 0 Å². The largest absolute Gasteiger partial charge is 0.351 e. The maximum absolute atomic E-state index is 12.2. The SMILES string of the molecule is CCCC1CC1NC(=O)C(C)(N)c1ccccc1. The summed E-state index contributed by atoms with van der Waals surface area (Å²) in [5, 5.41) is 3.06. The van der Waals surface area contributed by atoms with Crippen molar-refractivity contribution < 1.29 is 4.79 Å². The van der Waals surface area contributed by atoms with Crippen LogP contribution in [0.25, 0.3) is 0 Å². The lowest BCUT2D eigenvalue weighted by Gasteiger charge is -2.24. The molecule has 3 heteroatoms. The number of hydrogen-bond acceptors (Lipinski definition) is 2. The Morgan fingerprint density at radius 3 is 2.72 bits per heavy atom. The van der Waals surface area contributed by atoms with Crippen LogP contribution in [-0.4, -0.2) is 11.9 Å². The molecule has 1 aliphatic carbocycles. The summed E-state index contributed by atoms with van der Waals surface area (Å²) in [6.45, 7) is 3.95. The van der Waals surface area contributed by atoms with E-state index in [1.54, 1.807) is 6.92 Å². The first-order valence-corrected chi connectivity index (χ1v) is 6.71. The van der Waals surface area contributed by atoms with E-state index in [2.05, 4.69) is 12.2 Å². The molecule has 3 nitrogen and oxygen atoms in total. The summed E-state index contributed by atoms with van der Waals surface area (Å²) in [7, 11) is 0. The molecule has 18 heavy (non-hydrogen) atoms. The minimum Gasteiger partial charge on any atom is -0.351 e. The molecular weight excluding hydrogens is 224 g/mol. The molecule has 0 spiro atoms. The molecule has 0 bridgehead atoms. The van der Waals surface area contributed by atoms with Crippen LogP contribution in [0.15, 0.2) is 30.3 Å². The summed E-state index contributed by atoms with van der Waals surface area (Å²) in [6, 6.07) is 9.88. The Morgan fingerprint density at radius 1 is 1.44 bits per heavy atom. The topological polar surface area (TPSA) is 55.1 Å². The van der Waals surface area contributed by atoms with Gasteiger partial charge < -0.3 is 11.1 Å². The molecule has 3 atom stereocenters. The zero-order valence-corrected chi connectivity index (χ0v) is 11.1. The zero-order valence-electron chi connectivity index (χ0n) is 11.1. The first-order chi connectivity index (χ1) is 8.55. The van der Waals surface area contributed by atoms with Crippen molar-refractivity contribution in [1.82, 2.24) is 5.32 Å². The van der Waals surface area contributed by atoms with Gasteiger partial charge in [-0.3, -0.25) is 4.79 Å². The average molecular weight is 246 g/mol. The molecule has 1 amide bonds. The minimum atomic E-state index is -0.944. The highest BCUT2D eigenvalue weighted by Crippen LogP contribution is 2.35. The monoisotopic (exact) mass is 246 g/mol. The minimum absolute atomic E-state index is 0.0719. The van der Waals surface area contributed by atoms with Crippen LogP contribution in [0.3, 0.4) is 0 Å². The smallest absolute Gasteiger partial charge is 0.244 e. The van der Waals surface area contributed by atoms with Crippen LogP contribution >= 0.6 is 0 Å². The summed E-state index contributed by atoms with van der Waals surface area (Å²) >= 11 is 0. The molecule has 1 fully saturated rings. The van der Waals surface area contributed by atoms with E-state index < -0.39 is 5.54 Å². The molecule has 0 aliphatic heterocycles. The quantitative estimate of drug-likeness (QED) is 0.836. The highest BCUT2D eigenvalue weighted by atomic mass is 16.2. The molecule has 98 valence electrons. The molecule has 0 saturated heterocycles. The van der Waals surface area contributed by atoms with Crippen molar-refractivity contribution in [2.45, 2.75) is 44.7 Å². The van der Waals surface area contributed by atoms with Crippen LogP contribution in [-0.2, 0) is 10.3 Å². The Hall–Kier alpha value is -1.35. The number of carbonyl (C=O) groups excluding carboxylic acids is 1. The van der Waals surface area contributed by atoms with Crippen molar-refractivity contribution in [1.29, 1.82) is 0 Å². The second kappa shape index (κ2) is 5.11. The molecule has 0 radical (unpaired) electrons. The molecule has 1 saturated carbocycles. The number of carbonyl (C=O) groups is 1. The van der Waals surface area contributed by atoms with E-state index in [4.69, 9.17) is 5.73 Å². The number of nitrogens with two attached hydrogens (primary N) is 1. The fourth-order valence-electron chi connectivity index (χ4n) is 2.35. The molecular formula is C15H22N2O. The van der Waals surface area contributed by atoms with Gasteiger partial charge in [0.05, 0.1) is 0 Å². The van der Waals surface area contributed by atoms with Crippen LogP contribution in [0, 0.1) is 5.92 Å². The van der Waals surface area contributed by atoms with Gasteiger partial charge in [-0.15, -0.1) is 0 Å². The molecule has 2 rings (SSSR count). The van der Waals surface area contributed by atoms with Crippen molar-refractivity contribution in [3.63, 3.8) is 0 Å². The van der Waals surface area contributed by atoms with Crippen molar-refractivity contribution in [2.24, 2.45) is 11.7 Å². The fraction of sp³-hybridized carbons (Fsp3) is 0.533. The molecule has 1 aromatic rings. The predicted molar refractivity (Wildman–Crippen MR) is 72.9 cm³/mol. The van der Waals surface area contributed by atoms with E-state index in [1.165, 1.54) is 12.8 Å². The van der Waals surface area contributed by atoms with Crippen LogP contribution in [0.1, 0.15) is 38.7 Å². The summed E-state index contributed by atoms with van der Waals surface area (Å²) in [4.78, 5) is 12.2.